The molecule has 0 unspecified atom stereocenters. The molecule has 2 aromatic rings. The van der Waals surface area contributed by atoms with Gasteiger partial charge in [0.1, 0.15) is 5.75 Å². The fraction of sp³-hybridized carbons (Fsp3) is 0.250. The highest BCUT2D eigenvalue weighted by molar-refractivity contribution is 5.45. The van der Waals surface area contributed by atoms with Gasteiger partial charge >= 0.3 is 0 Å². The number of benzene rings is 2. The van der Waals surface area contributed by atoms with Crippen molar-refractivity contribution in [3.8, 4) is 17.2 Å². The van der Waals surface area contributed by atoms with Crippen molar-refractivity contribution in [2.24, 2.45) is 0 Å². The summed E-state index contributed by atoms with van der Waals surface area (Å²) in [7, 11) is 1.54. The second-order valence-corrected chi connectivity index (χ2v) is 4.56. The summed E-state index contributed by atoms with van der Waals surface area (Å²) in [5.41, 5.74) is 1.97. The number of rotatable bonds is 6. The molecular formula is C16H19NO3. The van der Waals surface area contributed by atoms with E-state index in [0.717, 1.165) is 24.1 Å². The smallest absolute Gasteiger partial charge is 0.162 e. The molecule has 4 nitrogen and oxygen atoms in total. The third-order valence-electron chi connectivity index (χ3n) is 3.14. The maximum absolute atomic E-state index is 9.94. The number of phenols is 2. The minimum Gasteiger partial charge on any atom is -0.508 e. The van der Waals surface area contributed by atoms with Gasteiger partial charge < -0.3 is 20.3 Å². The summed E-state index contributed by atoms with van der Waals surface area (Å²) in [5.74, 6) is 0.956. The van der Waals surface area contributed by atoms with Crippen LogP contribution in [0.5, 0.6) is 17.2 Å². The SMILES string of the molecule is COc1cccc(CNCCc2ccc(O)cc2)c1O. The first kappa shape index (κ1) is 14.2. The van der Waals surface area contributed by atoms with Crippen LogP contribution in [0, 0.1) is 0 Å². The van der Waals surface area contributed by atoms with E-state index in [1.807, 2.05) is 24.3 Å². The quantitative estimate of drug-likeness (QED) is 0.707. The molecule has 0 aromatic heterocycles. The summed E-state index contributed by atoms with van der Waals surface area (Å²) in [6.45, 7) is 1.38. The fourth-order valence-corrected chi connectivity index (χ4v) is 1.99. The maximum atomic E-state index is 9.94. The Kier molecular flexibility index (Phi) is 4.85. The molecule has 2 aromatic carbocycles. The van der Waals surface area contributed by atoms with Gasteiger partial charge in [-0.25, -0.2) is 0 Å². The van der Waals surface area contributed by atoms with Crippen LogP contribution in [-0.2, 0) is 13.0 Å². The van der Waals surface area contributed by atoms with Crippen LogP contribution in [0.4, 0.5) is 0 Å². The van der Waals surface area contributed by atoms with Crippen LogP contribution in [0.2, 0.25) is 0 Å². The van der Waals surface area contributed by atoms with Crippen molar-refractivity contribution in [3.05, 3.63) is 53.6 Å². The topological polar surface area (TPSA) is 61.7 Å². The van der Waals surface area contributed by atoms with Gasteiger partial charge in [0, 0.05) is 12.1 Å². The van der Waals surface area contributed by atoms with Gasteiger partial charge in [-0.2, -0.15) is 0 Å². The number of hydrogen-bond acceptors (Lipinski definition) is 4. The molecule has 0 aliphatic rings. The van der Waals surface area contributed by atoms with E-state index in [-0.39, 0.29) is 11.5 Å². The number of ether oxygens (including phenoxy) is 1. The van der Waals surface area contributed by atoms with Crippen LogP contribution in [-0.4, -0.2) is 23.9 Å². The van der Waals surface area contributed by atoms with Gasteiger partial charge in [-0.3, -0.25) is 0 Å². The summed E-state index contributed by atoms with van der Waals surface area (Å²) in [4.78, 5) is 0. The molecule has 0 radical (unpaired) electrons. The second kappa shape index (κ2) is 6.82. The predicted molar refractivity (Wildman–Crippen MR) is 78.2 cm³/mol. The average Bonchev–Trinajstić information content (AvgIpc) is 2.47. The predicted octanol–water partition coefficient (Wildman–Crippen LogP) is 2.44. The first-order chi connectivity index (χ1) is 9.70. The molecular weight excluding hydrogens is 254 g/mol. The molecule has 2 rings (SSSR count). The maximum Gasteiger partial charge on any atom is 0.162 e. The Balaban J connectivity index is 1.83. The first-order valence-corrected chi connectivity index (χ1v) is 6.54. The van der Waals surface area contributed by atoms with Gasteiger partial charge in [-0.15, -0.1) is 0 Å². The van der Waals surface area contributed by atoms with Gasteiger partial charge in [0.05, 0.1) is 7.11 Å². The summed E-state index contributed by atoms with van der Waals surface area (Å²) in [5, 5.41) is 22.4. The van der Waals surface area contributed by atoms with Gasteiger partial charge in [0.25, 0.3) is 0 Å². The molecule has 0 aliphatic heterocycles. The lowest BCUT2D eigenvalue weighted by molar-refractivity contribution is 0.369. The standard InChI is InChI=1S/C16H19NO3/c1-20-15-4-2-3-13(16(15)19)11-17-10-9-12-5-7-14(18)8-6-12/h2-8,17-19H,9-11H2,1H3. The average molecular weight is 273 g/mol. The first-order valence-electron chi connectivity index (χ1n) is 6.54. The molecule has 0 bridgehead atoms. The van der Waals surface area contributed by atoms with Crippen LogP contribution < -0.4 is 10.1 Å². The largest absolute Gasteiger partial charge is 0.508 e. The van der Waals surface area contributed by atoms with Crippen LogP contribution in [0.25, 0.3) is 0 Å². The Morgan fingerprint density at radius 2 is 1.80 bits per heavy atom. The molecule has 20 heavy (non-hydrogen) atoms. The number of hydrogen-bond donors (Lipinski definition) is 3. The van der Waals surface area contributed by atoms with Crippen molar-refractivity contribution in [1.82, 2.24) is 5.32 Å². The lowest BCUT2D eigenvalue weighted by Crippen LogP contribution is -2.16. The van der Waals surface area contributed by atoms with Gasteiger partial charge in [0.15, 0.2) is 11.5 Å². The minimum atomic E-state index is 0.187. The zero-order valence-electron chi connectivity index (χ0n) is 11.5. The Morgan fingerprint density at radius 1 is 1.05 bits per heavy atom. The van der Waals surface area contributed by atoms with Crippen molar-refractivity contribution >= 4 is 0 Å². The highest BCUT2D eigenvalue weighted by Crippen LogP contribution is 2.29. The van der Waals surface area contributed by atoms with Crippen LogP contribution in [0.15, 0.2) is 42.5 Å². The van der Waals surface area contributed by atoms with E-state index in [1.54, 1.807) is 18.2 Å². The molecule has 0 fully saturated rings. The van der Waals surface area contributed by atoms with Crippen molar-refractivity contribution < 1.29 is 14.9 Å². The normalized spacial score (nSPS) is 10.4. The summed E-state index contributed by atoms with van der Waals surface area (Å²) < 4.78 is 5.07. The molecule has 0 spiro atoms. The van der Waals surface area contributed by atoms with E-state index in [4.69, 9.17) is 4.74 Å². The van der Waals surface area contributed by atoms with E-state index in [2.05, 4.69) is 5.32 Å². The van der Waals surface area contributed by atoms with Gasteiger partial charge in [0.2, 0.25) is 0 Å². The highest BCUT2D eigenvalue weighted by Gasteiger charge is 2.06. The Morgan fingerprint density at radius 3 is 2.50 bits per heavy atom. The monoisotopic (exact) mass is 273 g/mol. The molecule has 0 saturated carbocycles. The zero-order valence-corrected chi connectivity index (χ0v) is 11.5. The van der Waals surface area contributed by atoms with E-state index in [0.29, 0.717) is 12.3 Å². The van der Waals surface area contributed by atoms with Crippen molar-refractivity contribution in [3.63, 3.8) is 0 Å². The summed E-state index contributed by atoms with van der Waals surface area (Å²) >= 11 is 0. The molecule has 0 amide bonds. The third-order valence-corrected chi connectivity index (χ3v) is 3.14. The highest BCUT2D eigenvalue weighted by atomic mass is 16.5. The molecule has 0 atom stereocenters. The second-order valence-electron chi connectivity index (χ2n) is 4.56. The molecule has 3 N–H and O–H groups in total. The van der Waals surface area contributed by atoms with E-state index in [9.17, 15) is 10.2 Å². The van der Waals surface area contributed by atoms with Crippen molar-refractivity contribution in [2.75, 3.05) is 13.7 Å². The molecule has 4 heteroatoms. The molecule has 0 saturated heterocycles. The van der Waals surface area contributed by atoms with Gasteiger partial charge in [-0.05, 0) is 36.7 Å². The third kappa shape index (κ3) is 3.65. The zero-order chi connectivity index (χ0) is 14.4. The number of nitrogens with one attached hydrogen (secondary N) is 1. The Hall–Kier alpha value is -2.20. The minimum absolute atomic E-state index is 0.187. The molecule has 0 aliphatic carbocycles. The van der Waals surface area contributed by atoms with Crippen molar-refractivity contribution in [1.29, 1.82) is 0 Å². The van der Waals surface area contributed by atoms with E-state index >= 15 is 0 Å². The number of para-hydroxylation sites is 1. The molecule has 106 valence electrons. The number of phenolic OH excluding ortho intramolecular Hbond substituents is 2. The number of aromatic hydroxyl groups is 2. The van der Waals surface area contributed by atoms with Gasteiger partial charge in [-0.1, -0.05) is 24.3 Å². The van der Waals surface area contributed by atoms with E-state index in [1.165, 1.54) is 7.11 Å². The van der Waals surface area contributed by atoms with E-state index < -0.39 is 0 Å². The number of methoxy groups -OCH3 is 1. The summed E-state index contributed by atoms with van der Waals surface area (Å²) in [6, 6.07) is 12.6. The Bertz CT molecular complexity index is 552. The Labute approximate surface area is 118 Å². The molecule has 0 heterocycles. The lowest BCUT2D eigenvalue weighted by Gasteiger charge is -2.10. The lowest BCUT2D eigenvalue weighted by atomic mass is 10.1. The van der Waals surface area contributed by atoms with Crippen LogP contribution in [0.3, 0.4) is 0 Å². The van der Waals surface area contributed by atoms with Crippen molar-refractivity contribution in [2.45, 2.75) is 13.0 Å². The summed E-state index contributed by atoms with van der Waals surface area (Å²) in [6.07, 6.45) is 0.866. The fourth-order valence-electron chi connectivity index (χ4n) is 1.99. The van der Waals surface area contributed by atoms with Crippen LogP contribution >= 0.6 is 0 Å². The van der Waals surface area contributed by atoms with Crippen LogP contribution in [0.1, 0.15) is 11.1 Å².